The molecule has 0 bridgehead atoms. The smallest absolute Gasteiger partial charge is 0.283 e. The third kappa shape index (κ3) is 9.87. The van der Waals surface area contributed by atoms with Crippen LogP contribution in [0.5, 0.6) is 5.75 Å². The lowest BCUT2D eigenvalue weighted by atomic mass is 9.76. The van der Waals surface area contributed by atoms with Crippen LogP contribution in [0.25, 0.3) is 0 Å². The van der Waals surface area contributed by atoms with Gasteiger partial charge in [0.2, 0.25) is 5.82 Å². The predicted molar refractivity (Wildman–Crippen MR) is 161 cm³/mol. The third-order valence-electron chi connectivity index (χ3n) is 8.26. The lowest BCUT2D eigenvalue weighted by Gasteiger charge is -2.34. The highest BCUT2D eigenvalue weighted by atomic mass is 19.3. The maximum atomic E-state index is 15.7. The van der Waals surface area contributed by atoms with Crippen LogP contribution in [-0.4, -0.2) is 33.0 Å². The number of hydrogen-bond acceptors (Lipinski definition) is 3. The number of ether oxygens (including phenoxy) is 3. The quantitative estimate of drug-likeness (QED) is 0.101. The highest BCUT2D eigenvalue weighted by Crippen LogP contribution is 2.52. The molecule has 0 saturated heterocycles. The van der Waals surface area contributed by atoms with Crippen LogP contribution in [0.1, 0.15) is 119 Å². The molecule has 3 nitrogen and oxygen atoms in total. The van der Waals surface area contributed by atoms with Crippen molar-refractivity contribution in [2.45, 2.75) is 116 Å². The van der Waals surface area contributed by atoms with E-state index in [1.165, 1.54) is 18.9 Å². The van der Waals surface area contributed by atoms with Gasteiger partial charge in [0, 0.05) is 32.0 Å². The maximum absolute atomic E-state index is 15.7. The van der Waals surface area contributed by atoms with E-state index in [0.717, 1.165) is 57.3 Å². The van der Waals surface area contributed by atoms with Gasteiger partial charge in [-0.3, -0.25) is 0 Å². The van der Waals surface area contributed by atoms with E-state index in [-0.39, 0.29) is 37.0 Å². The Morgan fingerprint density at radius 2 is 1.30 bits per heavy atom. The average molecular weight is 631 g/mol. The van der Waals surface area contributed by atoms with Crippen molar-refractivity contribution in [1.29, 1.82) is 0 Å². The van der Waals surface area contributed by atoms with E-state index in [1.807, 2.05) is 0 Å². The molecular formula is C35H48F6O3. The Labute approximate surface area is 258 Å². The van der Waals surface area contributed by atoms with E-state index in [1.54, 1.807) is 0 Å². The lowest BCUT2D eigenvalue weighted by Crippen LogP contribution is -2.32. The van der Waals surface area contributed by atoms with E-state index in [4.69, 9.17) is 14.2 Å². The van der Waals surface area contributed by atoms with Crippen molar-refractivity contribution in [2.24, 2.45) is 0 Å². The van der Waals surface area contributed by atoms with E-state index >= 15 is 17.6 Å². The number of fused-ring (bicyclic) bond motifs is 1. The third-order valence-corrected chi connectivity index (χ3v) is 8.26. The summed E-state index contributed by atoms with van der Waals surface area (Å²) in [5, 5.41) is 0. The minimum absolute atomic E-state index is 0.0576. The zero-order valence-corrected chi connectivity index (χ0v) is 26.2. The number of unbranched alkanes of at least 4 members (excludes halogenated alkanes) is 7. The molecule has 0 radical (unpaired) electrons. The Hall–Kier alpha value is -2.26. The Morgan fingerprint density at radius 1 is 0.682 bits per heavy atom. The molecule has 0 amide bonds. The van der Waals surface area contributed by atoms with Gasteiger partial charge in [-0.2, -0.15) is 4.39 Å². The molecule has 0 fully saturated rings. The van der Waals surface area contributed by atoms with Crippen LogP contribution in [0.15, 0.2) is 18.2 Å². The topological polar surface area (TPSA) is 27.7 Å². The Balaban J connectivity index is 1.58. The molecular weight excluding hydrogens is 582 g/mol. The molecule has 0 aliphatic heterocycles. The van der Waals surface area contributed by atoms with Gasteiger partial charge in [0.25, 0.3) is 5.92 Å². The highest BCUT2D eigenvalue weighted by Gasteiger charge is 2.50. The van der Waals surface area contributed by atoms with Gasteiger partial charge in [0.05, 0.1) is 18.1 Å². The second-order valence-corrected chi connectivity index (χ2v) is 11.7. The predicted octanol–water partition coefficient (Wildman–Crippen LogP) is 10.4. The Kier molecular flexibility index (Phi) is 15.3. The average Bonchev–Trinajstić information content (AvgIpc) is 3.00. The van der Waals surface area contributed by atoms with Crippen molar-refractivity contribution in [1.82, 2.24) is 0 Å². The first-order valence-electron chi connectivity index (χ1n) is 16.4. The first-order chi connectivity index (χ1) is 21.2. The Bertz CT molecular complexity index is 1160. The summed E-state index contributed by atoms with van der Waals surface area (Å²) in [6.07, 6.45) is 9.82. The molecule has 1 aliphatic rings. The SMILES string of the molecule is CCCCCCOCCCCCc1ccc(C2CCc3cc(OCCCCOCCCC)c(F)c(F)c3C2(F)F)c(F)c1F. The monoisotopic (exact) mass is 630 g/mol. The van der Waals surface area contributed by atoms with Gasteiger partial charge in [-0.05, 0) is 75.0 Å². The molecule has 0 spiro atoms. The van der Waals surface area contributed by atoms with Crippen molar-refractivity contribution < 1.29 is 40.6 Å². The molecule has 0 saturated carbocycles. The number of halogens is 6. The summed E-state index contributed by atoms with van der Waals surface area (Å²) < 4.78 is 108. The second-order valence-electron chi connectivity index (χ2n) is 11.7. The fourth-order valence-corrected chi connectivity index (χ4v) is 5.65. The summed E-state index contributed by atoms with van der Waals surface area (Å²) in [6.45, 7) is 6.80. The van der Waals surface area contributed by atoms with Crippen LogP contribution in [0.4, 0.5) is 26.3 Å². The highest BCUT2D eigenvalue weighted by molar-refractivity contribution is 5.45. The van der Waals surface area contributed by atoms with Gasteiger partial charge in [-0.25, -0.2) is 22.0 Å². The molecule has 1 atom stereocenters. The minimum Gasteiger partial charge on any atom is -0.490 e. The van der Waals surface area contributed by atoms with Crippen LogP contribution in [0, 0.1) is 23.3 Å². The zero-order chi connectivity index (χ0) is 32.0. The summed E-state index contributed by atoms with van der Waals surface area (Å²) in [5.41, 5.74) is -1.62. The van der Waals surface area contributed by atoms with E-state index in [2.05, 4.69) is 13.8 Å². The minimum atomic E-state index is -3.95. The molecule has 1 aliphatic carbocycles. The van der Waals surface area contributed by atoms with Crippen LogP contribution < -0.4 is 4.74 Å². The maximum Gasteiger partial charge on any atom is 0.283 e. The van der Waals surface area contributed by atoms with Crippen molar-refractivity contribution >= 4 is 0 Å². The molecule has 0 N–H and O–H groups in total. The standard InChI is InChI=1S/C35H48F6O3/c1-3-5-7-10-20-43-21-11-8-9-14-25-15-17-27(32(37)31(25)36)28-18-16-26-24-29(33(38)34(39)30(26)35(28,40)41)44-23-13-12-22-42-19-6-4-2/h15,17,24,28H,3-14,16,18-23H2,1-2H3. The van der Waals surface area contributed by atoms with Gasteiger partial charge in [-0.15, -0.1) is 0 Å². The fourth-order valence-electron chi connectivity index (χ4n) is 5.65. The normalized spacial score (nSPS) is 15.9. The molecule has 1 unspecified atom stereocenters. The van der Waals surface area contributed by atoms with Crippen LogP contribution >= 0.6 is 0 Å². The number of hydrogen-bond donors (Lipinski definition) is 0. The summed E-state index contributed by atoms with van der Waals surface area (Å²) >= 11 is 0. The first-order valence-corrected chi connectivity index (χ1v) is 16.4. The van der Waals surface area contributed by atoms with Gasteiger partial charge >= 0.3 is 0 Å². The fraction of sp³-hybridized carbons (Fsp3) is 0.657. The molecule has 248 valence electrons. The first kappa shape index (κ1) is 36.2. The summed E-state index contributed by atoms with van der Waals surface area (Å²) in [7, 11) is 0. The second kappa shape index (κ2) is 18.6. The molecule has 2 aromatic rings. The number of aryl methyl sites for hydroxylation is 2. The van der Waals surface area contributed by atoms with Gasteiger partial charge in [0.1, 0.15) is 0 Å². The summed E-state index contributed by atoms with van der Waals surface area (Å²) in [4.78, 5) is 0. The van der Waals surface area contributed by atoms with Gasteiger partial charge in [0.15, 0.2) is 23.2 Å². The number of benzene rings is 2. The van der Waals surface area contributed by atoms with Crippen molar-refractivity contribution in [2.75, 3.05) is 33.0 Å². The largest absolute Gasteiger partial charge is 0.490 e. The lowest BCUT2D eigenvalue weighted by molar-refractivity contribution is -0.0485. The van der Waals surface area contributed by atoms with Crippen molar-refractivity contribution in [3.8, 4) is 5.75 Å². The van der Waals surface area contributed by atoms with Crippen molar-refractivity contribution in [3.05, 3.63) is 63.7 Å². The Morgan fingerprint density at radius 3 is 1.98 bits per heavy atom. The molecule has 44 heavy (non-hydrogen) atoms. The van der Waals surface area contributed by atoms with E-state index in [9.17, 15) is 8.78 Å². The molecule has 3 rings (SSSR count). The zero-order valence-electron chi connectivity index (χ0n) is 26.2. The van der Waals surface area contributed by atoms with Crippen LogP contribution in [0.3, 0.4) is 0 Å². The molecule has 2 aromatic carbocycles. The molecule has 9 heteroatoms. The van der Waals surface area contributed by atoms with E-state index < -0.39 is 52.0 Å². The van der Waals surface area contributed by atoms with Crippen LogP contribution in [-0.2, 0) is 28.2 Å². The van der Waals surface area contributed by atoms with E-state index in [0.29, 0.717) is 39.1 Å². The molecule has 0 heterocycles. The van der Waals surface area contributed by atoms with Crippen LogP contribution in [0.2, 0.25) is 0 Å². The van der Waals surface area contributed by atoms with Gasteiger partial charge < -0.3 is 14.2 Å². The number of alkyl halides is 2. The summed E-state index contributed by atoms with van der Waals surface area (Å²) in [5.74, 6) is -11.9. The summed E-state index contributed by atoms with van der Waals surface area (Å²) in [6, 6.07) is 3.59. The number of rotatable bonds is 21. The molecule has 0 aromatic heterocycles. The van der Waals surface area contributed by atoms with Gasteiger partial charge in [-0.1, -0.05) is 58.1 Å². The van der Waals surface area contributed by atoms with Crippen molar-refractivity contribution in [3.63, 3.8) is 0 Å².